The van der Waals surface area contributed by atoms with Crippen LogP contribution in [0.5, 0.6) is 0 Å². The Morgan fingerprint density at radius 1 is 1.12 bits per heavy atom. The Labute approximate surface area is 167 Å². The van der Waals surface area contributed by atoms with Crippen LogP contribution < -0.4 is 5.32 Å². The van der Waals surface area contributed by atoms with Crippen molar-refractivity contribution in [2.45, 2.75) is 57.5 Å². The van der Waals surface area contributed by atoms with Gasteiger partial charge in [-0.2, -0.15) is 0 Å². The van der Waals surface area contributed by atoms with Crippen molar-refractivity contribution < 1.29 is 0 Å². The molecule has 5 heteroatoms. The molecule has 1 aromatic rings. The molecule has 0 spiro atoms. The van der Waals surface area contributed by atoms with Crippen molar-refractivity contribution in [3.63, 3.8) is 0 Å². The standard InChI is InChI=1S/C21H29Cl2N3/c1-15-3-2-4-18(13-15)25-17-9-11-26(12-10-17)21(24)8-6-16-5-7-19(22)20(23)14-16/h5-8,14-15,17-18,24-25H,2-4,9-13H2,1H3/b8-6+,24-21?. The minimum atomic E-state index is 0.546. The van der Waals surface area contributed by atoms with E-state index in [9.17, 15) is 0 Å². The maximum atomic E-state index is 8.33. The van der Waals surface area contributed by atoms with Gasteiger partial charge in [0.1, 0.15) is 5.84 Å². The molecule has 2 atom stereocenters. The Morgan fingerprint density at radius 2 is 1.88 bits per heavy atom. The van der Waals surface area contributed by atoms with Gasteiger partial charge >= 0.3 is 0 Å². The SMILES string of the molecule is CC1CCCC(NC2CCN(C(=N)/C=C/c3ccc(Cl)c(Cl)c3)CC2)C1. The number of rotatable bonds is 4. The summed E-state index contributed by atoms with van der Waals surface area (Å²) in [6, 6.07) is 6.84. The molecule has 2 fully saturated rings. The van der Waals surface area contributed by atoms with E-state index in [1.165, 1.54) is 25.7 Å². The largest absolute Gasteiger partial charge is 0.357 e. The highest BCUT2D eigenvalue weighted by atomic mass is 35.5. The molecule has 0 bridgehead atoms. The predicted molar refractivity (Wildman–Crippen MR) is 112 cm³/mol. The lowest BCUT2D eigenvalue weighted by Crippen LogP contribution is -2.48. The third-order valence-corrected chi connectivity index (χ3v) is 6.36. The van der Waals surface area contributed by atoms with Gasteiger partial charge in [0.2, 0.25) is 0 Å². The van der Waals surface area contributed by atoms with E-state index >= 15 is 0 Å². The normalized spacial score (nSPS) is 25.0. The van der Waals surface area contributed by atoms with Crippen LogP contribution in [0.3, 0.4) is 0 Å². The van der Waals surface area contributed by atoms with E-state index in [2.05, 4.69) is 17.1 Å². The molecule has 142 valence electrons. The molecular weight excluding hydrogens is 365 g/mol. The van der Waals surface area contributed by atoms with Gasteiger partial charge in [0.25, 0.3) is 0 Å². The Kier molecular flexibility index (Phi) is 7.02. The second-order valence-corrected chi connectivity index (χ2v) is 8.60. The highest BCUT2D eigenvalue weighted by Crippen LogP contribution is 2.25. The molecule has 3 rings (SSSR count). The van der Waals surface area contributed by atoms with E-state index in [4.69, 9.17) is 28.6 Å². The molecule has 2 unspecified atom stereocenters. The lowest BCUT2D eigenvalue weighted by atomic mass is 9.86. The number of hydrogen-bond acceptors (Lipinski definition) is 2. The summed E-state index contributed by atoms with van der Waals surface area (Å²) in [6.45, 7) is 4.27. The van der Waals surface area contributed by atoms with Crippen molar-refractivity contribution in [2.75, 3.05) is 13.1 Å². The molecule has 1 aliphatic heterocycles. The minimum Gasteiger partial charge on any atom is -0.357 e. The Bertz CT molecular complexity index is 651. The fraction of sp³-hybridized carbons (Fsp3) is 0.571. The van der Waals surface area contributed by atoms with E-state index in [0.717, 1.165) is 37.4 Å². The average molecular weight is 394 g/mol. The maximum Gasteiger partial charge on any atom is 0.120 e. The smallest absolute Gasteiger partial charge is 0.120 e. The van der Waals surface area contributed by atoms with Crippen LogP contribution in [0.25, 0.3) is 6.08 Å². The first kappa shape index (κ1) is 19.7. The van der Waals surface area contributed by atoms with Crippen molar-refractivity contribution >= 4 is 35.1 Å². The van der Waals surface area contributed by atoms with Gasteiger partial charge in [0.15, 0.2) is 0 Å². The summed E-state index contributed by atoms with van der Waals surface area (Å²) < 4.78 is 0. The fourth-order valence-corrected chi connectivity index (χ4v) is 4.41. The molecule has 1 aliphatic carbocycles. The molecule has 3 nitrogen and oxygen atoms in total. The van der Waals surface area contributed by atoms with Gasteiger partial charge in [-0.3, -0.25) is 5.41 Å². The number of nitrogens with one attached hydrogen (secondary N) is 2. The van der Waals surface area contributed by atoms with Crippen LogP contribution >= 0.6 is 23.2 Å². The van der Waals surface area contributed by atoms with Gasteiger partial charge < -0.3 is 10.2 Å². The Morgan fingerprint density at radius 3 is 2.58 bits per heavy atom. The lowest BCUT2D eigenvalue weighted by molar-refractivity contribution is 0.228. The summed E-state index contributed by atoms with van der Waals surface area (Å²) in [4.78, 5) is 2.16. The molecule has 2 N–H and O–H groups in total. The zero-order valence-corrected chi connectivity index (χ0v) is 17.0. The first-order chi connectivity index (χ1) is 12.5. The number of nitrogens with zero attached hydrogens (tertiary/aromatic N) is 1. The molecule has 1 aromatic carbocycles. The number of likely N-dealkylation sites (tertiary alicyclic amines) is 1. The molecule has 0 amide bonds. The summed E-state index contributed by atoms with van der Waals surface area (Å²) >= 11 is 12.0. The molecular formula is C21H29Cl2N3. The van der Waals surface area contributed by atoms with E-state index in [1.807, 2.05) is 24.3 Å². The number of amidine groups is 1. The van der Waals surface area contributed by atoms with Crippen LogP contribution in [-0.2, 0) is 0 Å². The van der Waals surface area contributed by atoms with Gasteiger partial charge in [-0.15, -0.1) is 0 Å². The molecule has 26 heavy (non-hydrogen) atoms. The first-order valence-electron chi connectivity index (χ1n) is 9.74. The third-order valence-electron chi connectivity index (χ3n) is 5.62. The van der Waals surface area contributed by atoms with Crippen LogP contribution in [0.1, 0.15) is 51.0 Å². The van der Waals surface area contributed by atoms with Gasteiger partial charge in [-0.05, 0) is 55.4 Å². The molecule has 2 aliphatic rings. The van der Waals surface area contributed by atoms with Crippen LogP contribution in [0.2, 0.25) is 10.0 Å². The molecule has 1 heterocycles. The van der Waals surface area contributed by atoms with Gasteiger partial charge in [0.05, 0.1) is 10.0 Å². The van der Waals surface area contributed by atoms with Crippen LogP contribution in [0.15, 0.2) is 24.3 Å². The van der Waals surface area contributed by atoms with Crippen LogP contribution in [-0.4, -0.2) is 35.9 Å². The van der Waals surface area contributed by atoms with Gasteiger partial charge in [-0.25, -0.2) is 0 Å². The number of halogens is 2. The molecule has 1 saturated heterocycles. The van der Waals surface area contributed by atoms with Crippen molar-refractivity contribution in [3.05, 3.63) is 39.9 Å². The topological polar surface area (TPSA) is 39.1 Å². The summed E-state index contributed by atoms with van der Waals surface area (Å²) in [5.41, 5.74) is 0.965. The lowest BCUT2D eigenvalue weighted by Gasteiger charge is -2.37. The van der Waals surface area contributed by atoms with E-state index < -0.39 is 0 Å². The minimum absolute atomic E-state index is 0.546. The van der Waals surface area contributed by atoms with Crippen molar-refractivity contribution in [1.29, 1.82) is 5.41 Å². The summed E-state index contributed by atoms with van der Waals surface area (Å²) in [5.74, 6) is 1.43. The summed E-state index contributed by atoms with van der Waals surface area (Å²) in [6.07, 6.45) is 11.4. The number of benzene rings is 1. The van der Waals surface area contributed by atoms with E-state index in [-0.39, 0.29) is 0 Å². The van der Waals surface area contributed by atoms with Crippen molar-refractivity contribution in [2.24, 2.45) is 5.92 Å². The highest BCUT2D eigenvalue weighted by Gasteiger charge is 2.25. The fourth-order valence-electron chi connectivity index (χ4n) is 4.10. The van der Waals surface area contributed by atoms with E-state index in [0.29, 0.717) is 28.0 Å². The quantitative estimate of drug-likeness (QED) is 0.514. The molecule has 0 radical (unpaired) electrons. The summed E-state index contributed by atoms with van der Waals surface area (Å²) in [7, 11) is 0. The zero-order valence-electron chi connectivity index (χ0n) is 15.5. The first-order valence-corrected chi connectivity index (χ1v) is 10.5. The van der Waals surface area contributed by atoms with E-state index in [1.54, 1.807) is 6.07 Å². The predicted octanol–water partition coefficient (Wildman–Crippen LogP) is 5.62. The maximum absolute atomic E-state index is 8.33. The van der Waals surface area contributed by atoms with Crippen LogP contribution in [0, 0.1) is 11.3 Å². The third kappa shape index (κ3) is 5.48. The Hall–Kier alpha value is -1.03. The molecule has 1 saturated carbocycles. The second kappa shape index (κ2) is 9.25. The zero-order chi connectivity index (χ0) is 18.5. The monoisotopic (exact) mass is 393 g/mol. The average Bonchev–Trinajstić information content (AvgIpc) is 2.63. The Balaban J connectivity index is 1.45. The number of piperidine rings is 1. The van der Waals surface area contributed by atoms with Gasteiger partial charge in [0, 0.05) is 25.2 Å². The van der Waals surface area contributed by atoms with Crippen molar-refractivity contribution in [1.82, 2.24) is 10.2 Å². The van der Waals surface area contributed by atoms with Crippen molar-refractivity contribution in [3.8, 4) is 0 Å². The second-order valence-electron chi connectivity index (χ2n) is 7.79. The summed E-state index contributed by atoms with van der Waals surface area (Å²) in [5, 5.41) is 13.3. The highest BCUT2D eigenvalue weighted by molar-refractivity contribution is 6.42. The van der Waals surface area contributed by atoms with Gasteiger partial charge in [-0.1, -0.05) is 55.1 Å². The van der Waals surface area contributed by atoms with Crippen LogP contribution in [0.4, 0.5) is 0 Å². The molecule has 0 aromatic heterocycles. The number of hydrogen-bond donors (Lipinski definition) is 2.